The molecule has 0 aromatic heterocycles. The summed E-state index contributed by atoms with van der Waals surface area (Å²) in [6, 6.07) is 15.3. The molecule has 1 atom stereocenters. The molecule has 1 saturated heterocycles. The van der Waals surface area contributed by atoms with Gasteiger partial charge < -0.3 is 15.2 Å². The predicted octanol–water partition coefficient (Wildman–Crippen LogP) is 3.27. The second kappa shape index (κ2) is 6.25. The lowest BCUT2D eigenvalue weighted by atomic mass is 10.2. The zero-order chi connectivity index (χ0) is 15.5. The zero-order valence-electron chi connectivity index (χ0n) is 11.9. The zero-order valence-corrected chi connectivity index (χ0v) is 12.8. The Balaban J connectivity index is 1.71. The summed E-state index contributed by atoms with van der Waals surface area (Å²) in [5.74, 6) is 1.26. The van der Waals surface area contributed by atoms with Crippen molar-refractivity contribution in [2.45, 2.75) is 12.5 Å². The minimum Gasteiger partial charge on any atom is -0.457 e. The van der Waals surface area contributed by atoms with Crippen molar-refractivity contribution in [2.75, 3.05) is 0 Å². The number of hydrogen-bond acceptors (Lipinski definition) is 4. The van der Waals surface area contributed by atoms with E-state index in [2.05, 4.69) is 5.32 Å². The fourth-order valence-electron chi connectivity index (χ4n) is 2.01. The number of benzene rings is 2. The minimum absolute atomic E-state index is 0.252. The molecule has 1 aliphatic rings. The van der Waals surface area contributed by atoms with Crippen LogP contribution in [0, 0.1) is 6.92 Å². The topological polar surface area (TPSA) is 58.6 Å². The van der Waals surface area contributed by atoms with Crippen LogP contribution in [0.4, 0.5) is 0 Å². The first kappa shape index (κ1) is 14.7. The van der Waals surface area contributed by atoms with Crippen LogP contribution in [-0.2, 0) is 4.79 Å². The molecule has 2 aromatic carbocycles. The molecule has 5 heteroatoms. The number of carbonyl (C=O) groups excluding carboxylic acids is 1. The van der Waals surface area contributed by atoms with Crippen LogP contribution in [-0.4, -0.2) is 16.6 Å². The van der Waals surface area contributed by atoms with Gasteiger partial charge in [0.25, 0.3) is 5.91 Å². The summed E-state index contributed by atoms with van der Waals surface area (Å²) in [6.07, 6.45) is 1.74. The van der Waals surface area contributed by atoms with E-state index in [1.54, 1.807) is 6.08 Å². The largest absolute Gasteiger partial charge is 0.457 e. The lowest BCUT2D eigenvalue weighted by molar-refractivity contribution is -0.117. The molecule has 0 radical (unpaired) electrons. The van der Waals surface area contributed by atoms with Crippen molar-refractivity contribution in [3.8, 4) is 11.5 Å². The van der Waals surface area contributed by atoms with E-state index in [4.69, 9.17) is 4.74 Å². The van der Waals surface area contributed by atoms with Gasteiger partial charge >= 0.3 is 0 Å². The summed E-state index contributed by atoms with van der Waals surface area (Å²) in [6.45, 7) is 2.03. The number of hydrogen-bond donors (Lipinski definition) is 2. The van der Waals surface area contributed by atoms with E-state index in [0.29, 0.717) is 4.91 Å². The predicted molar refractivity (Wildman–Crippen MR) is 87.4 cm³/mol. The smallest absolute Gasteiger partial charge is 0.260 e. The molecule has 0 saturated carbocycles. The standard InChI is InChI=1S/C17H15NO3S/c1-11-2-6-13(7-3-11)21-14-8-4-12(5-9-14)10-15-16(19)18-17(20)22-15/h2-10,17,20H,1H3,(H,18,19)/b15-10+. The second-order valence-electron chi connectivity index (χ2n) is 4.94. The summed E-state index contributed by atoms with van der Waals surface area (Å²) < 4.78 is 5.75. The monoisotopic (exact) mass is 313 g/mol. The minimum atomic E-state index is -0.858. The number of aliphatic hydroxyl groups is 1. The van der Waals surface area contributed by atoms with Crippen molar-refractivity contribution in [1.82, 2.24) is 5.32 Å². The van der Waals surface area contributed by atoms with E-state index >= 15 is 0 Å². The van der Waals surface area contributed by atoms with Crippen LogP contribution in [0.25, 0.3) is 6.08 Å². The van der Waals surface area contributed by atoms with Crippen LogP contribution in [0.2, 0.25) is 0 Å². The molecule has 22 heavy (non-hydrogen) atoms. The highest BCUT2D eigenvalue weighted by Crippen LogP contribution is 2.28. The quantitative estimate of drug-likeness (QED) is 0.854. The van der Waals surface area contributed by atoms with Crippen LogP contribution >= 0.6 is 11.8 Å². The van der Waals surface area contributed by atoms with E-state index in [9.17, 15) is 9.90 Å². The third-order valence-electron chi connectivity index (χ3n) is 3.15. The number of rotatable bonds is 3. The summed E-state index contributed by atoms with van der Waals surface area (Å²) in [5, 5.41) is 11.8. The molecule has 2 aromatic rings. The molecule has 1 aliphatic heterocycles. The van der Waals surface area contributed by atoms with Crippen molar-refractivity contribution in [3.63, 3.8) is 0 Å². The van der Waals surface area contributed by atoms with Gasteiger partial charge in [-0.15, -0.1) is 0 Å². The van der Waals surface area contributed by atoms with Crippen LogP contribution < -0.4 is 10.1 Å². The van der Waals surface area contributed by atoms with Crippen molar-refractivity contribution in [3.05, 3.63) is 64.6 Å². The summed E-state index contributed by atoms with van der Waals surface area (Å²) >= 11 is 1.10. The average Bonchev–Trinajstić information content (AvgIpc) is 2.81. The number of aryl methyl sites for hydroxylation is 1. The first-order chi connectivity index (χ1) is 10.6. The maximum atomic E-state index is 11.5. The summed E-state index contributed by atoms with van der Waals surface area (Å²) in [4.78, 5) is 12.0. The Morgan fingerprint density at radius 3 is 2.23 bits per heavy atom. The third-order valence-corrected chi connectivity index (χ3v) is 4.05. The Kier molecular flexibility index (Phi) is 4.18. The molecule has 1 unspecified atom stereocenters. The van der Waals surface area contributed by atoms with E-state index < -0.39 is 5.56 Å². The van der Waals surface area contributed by atoms with Gasteiger partial charge in [0, 0.05) is 0 Å². The molecule has 0 spiro atoms. The Hall–Kier alpha value is -2.24. The number of nitrogens with one attached hydrogen (secondary N) is 1. The highest BCUT2D eigenvalue weighted by atomic mass is 32.2. The molecule has 112 valence electrons. The molecule has 1 fully saturated rings. The van der Waals surface area contributed by atoms with Crippen LogP contribution in [0.5, 0.6) is 11.5 Å². The molecule has 0 bridgehead atoms. The number of amides is 1. The van der Waals surface area contributed by atoms with Gasteiger partial charge in [0.15, 0.2) is 5.56 Å². The average molecular weight is 313 g/mol. The number of ether oxygens (including phenoxy) is 1. The molecule has 4 nitrogen and oxygen atoms in total. The molecule has 3 rings (SSSR count). The maximum absolute atomic E-state index is 11.5. The van der Waals surface area contributed by atoms with Crippen molar-refractivity contribution < 1.29 is 14.6 Å². The van der Waals surface area contributed by atoms with Gasteiger partial charge in [-0.1, -0.05) is 41.6 Å². The van der Waals surface area contributed by atoms with E-state index in [-0.39, 0.29) is 5.91 Å². The fraction of sp³-hybridized carbons (Fsp3) is 0.118. The third kappa shape index (κ3) is 3.50. The van der Waals surface area contributed by atoms with Crippen LogP contribution in [0.3, 0.4) is 0 Å². The molecule has 1 heterocycles. The number of carbonyl (C=O) groups is 1. The number of thioether (sulfide) groups is 1. The molecular weight excluding hydrogens is 298 g/mol. The molecular formula is C17H15NO3S. The highest BCUT2D eigenvalue weighted by molar-refractivity contribution is 8.05. The Morgan fingerprint density at radius 1 is 1.09 bits per heavy atom. The van der Waals surface area contributed by atoms with Crippen molar-refractivity contribution in [2.24, 2.45) is 0 Å². The van der Waals surface area contributed by atoms with Gasteiger partial charge in [-0.25, -0.2) is 0 Å². The highest BCUT2D eigenvalue weighted by Gasteiger charge is 2.24. The van der Waals surface area contributed by atoms with Crippen molar-refractivity contribution in [1.29, 1.82) is 0 Å². The SMILES string of the molecule is Cc1ccc(Oc2ccc(/C=C3/SC(O)NC3=O)cc2)cc1. The lowest BCUT2D eigenvalue weighted by Crippen LogP contribution is -2.23. The molecule has 2 N–H and O–H groups in total. The summed E-state index contributed by atoms with van der Waals surface area (Å²) in [5.41, 5.74) is 1.20. The van der Waals surface area contributed by atoms with Gasteiger partial charge in [-0.05, 0) is 42.8 Å². The van der Waals surface area contributed by atoms with Gasteiger partial charge in [0.05, 0.1) is 4.91 Å². The fourth-order valence-corrected chi connectivity index (χ4v) is 2.79. The molecule has 0 aliphatic carbocycles. The first-order valence-electron chi connectivity index (χ1n) is 6.82. The van der Waals surface area contributed by atoms with Crippen molar-refractivity contribution >= 4 is 23.7 Å². The second-order valence-corrected chi connectivity index (χ2v) is 6.06. The van der Waals surface area contributed by atoms with Gasteiger partial charge in [0.2, 0.25) is 0 Å². The Labute approximate surface area is 132 Å². The van der Waals surface area contributed by atoms with Gasteiger partial charge in [0.1, 0.15) is 11.5 Å². The van der Waals surface area contributed by atoms with Crippen LogP contribution in [0.1, 0.15) is 11.1 Å². The first-order valence-corrected chi connectivity index (χ1v) is 7.70. The Bertz CT molecular complexity index is 708. The van der Waals surface area contributed by atoms with Gasteiger partial charge in [-0.3, -0.25) is 4.79 Å². The van der Waals surface area contributed by atoms with Crippen LogP contribution in [0.15, 0.2) is 53.4 Å². The van der Waals surface area contributed by atoms with E-state index in [1.165, 1.54) is 5.56 Å². The number of aliphatic hydroxyl groups excluding tert-OH is 1. The maximum Gasteiger partial charge on any atom is 0.260 e. The van der Waals surface area contributed by atoms with Gasteiger partial charge in [-0.2, -0.15) is 0 Å². The normalized spacial score (nSPS) is 19.3. The van der Waals surface area contributed by atoms with E-state index in [1.807, 2.05) is 55.5 Å². The molecule has 1 amide bonds. The lowest BCUT2D eigenvalue weighted by Gasteiger charge is -2.06. The van der Waals surface area contributed by atoms with E-state index in [0.717, 1.165) is 28.8 Å². The summed E-state index contributed by atoms with van der Waals surface area (Å²) in [7, 11) is 0. The Morgan fingerprint density at radius 2 is 1.68 bits per heavy atom.